The largest absolute Gasteiger partial charge is 0.298 e. The first kappa shape index (κ1) is 11.9. The molecule has 0 aliphatic rings. The van der Waals surface area contributed by atoms with E-state index in [0.717, 1.165) is 0 Å². The smallest absolute Gasteiger partial charge is 0.244 e. The molecule has 0 unspecified atom stereocenters. The van der Waals surface area contributed by atoms with Gasteiger partial charge in [0.25, 0.3) is 0 Å². The minimum Gasteiger partial charge on any atom is -0.298 e. The van der Waals surface area contributed by atoms with Gasteiger partial charge in [-0.15, -0.1) is 0 Å². The zero-order valence-corrected chi connectivity index (χ0v) is 9.34. The molecule has 0 atom stereocenters. The lowest BCUT2D eigenvalue weighted by atomic mass is 10.1. The van der Waals surface area contributed by atoms with Crippen LogP contribution in [0.2, 0.25) is 0 Å². The van der Waals surface area contributed by atoms with Gasteiger partial charge in [0.1, 0.15) is 10.7 Å². The second-order valence-electron chi connectivity index (χ2n) is 3.38. The number of nitrogens with zero attached hydrogens (tertiary/aromatic N) is 1. The van der Waals surface area contributed by atoms with Crippen LogP contribution in [0.3, 0.4) is 0 Å². The van der Waals surface area contributed by atoms with Gasteiger partial charge < -0.3 is 0 Å². The molecule has 0 fully saturated rings. The van der Waals surface area contributed by atoms with Crippen molar-refractivity contribution in [3.63, 3.8) is 0 Å². The maximum absolute atomic E-state index is 11.5. The third-order valence-electron chi connectivity index (χ3n) is 1.86. The Morgan fingerprint density at radius 1 is 1.60 bits per heavy atom. The third-order valence-corrected chi connectivity index (χ3v) is 3.23. The van der Waals surface area contributed by atoms with Gasteiger partial charge in [-0.3, -0.25) is 9.89 Å². The van der Waals surface area contributed by atoms with Crippen LogP contribution in [0, 0.1) is 5.92 Å². The fraction of sp³-hybridized carbons (Fsp3) is 0.500. The molecule has 0 amide bonds. The highest BCUT2D eigenvalue weighted by molar-refractivity contribution is 7.89. The Balaban J connectivity index is 2.63. The standard InChI is InChI=1S/C8H13N3O3S/c1-6(2)8(12)5-11-15(13,14)7-3-9-10-4-7/h3-4,6,11H,5H2,1-2H3,(H,9,10). The minimum absolute atomic E-state index is 0.0269. The van der Waals surface area contributed by atoms with Crippen LogP contribution in [0.1, 0.15) is 13.8 Å². The molecule has 0 aromatic carbocycles. The number of sulfonamides is 1. The summed E-state index contributed by atoms with van der Waals surface area (Å²) < 4.78 is 25.2. The summed E-state index contributed by atoms with van der Waals surface area (Å²) >= 11 is 0. The van der Waals surface area contributed by atoms with E-state index in [9.17, 15) is 13.2 Å². The molecular weight excluding hydrogens is 218 g/mol. The minimum atomic E-state index is -3.61. The highest BCUT2D eigenvalue weighted by atomic mass is 32.2. The molecule has 0 bridgehead atoms. The fourth-order valence-corrected chi connectivity index (χ4v) is 1.74. The van der Waals surface area contributed by atoms with Crippen LogP contribution >= 0.6 is 0 Å². The van der Waals surface area contributed by atoms with Gasteiger partial charge in [-0.25, -0.2) is 13.1 Å². The van der Waals surface area contributed by atoms with Crippen molar-refractivity contribution in [2.45, 2.75) is 18.7 Å². The van der Waals surface area contributed by atoms with E-state index in [1.54, 1.807) is 13.8 Å². The van der Waals surface area contributed by atoms with Gasteiger partial charge in [-0.05, 0) is 0 Å². The number of H-pyrrole nitrogens is 1. The Morgan fingerprint density at radius 2 is 2.27 bits per heavy atom. The molecule has 1 aromatic heterocycles. The molecule has 1 heterocycles. The molecule has 2 N–H and O–H groups in total. The SMILES string of the molecule is CC(C)C(=O)CNS(=O)(=O)c1cn[nH]c1. The highest BCUT2D eigenvalue weighted by Gasteiger charge is 2.17. The first-order valence-corrected chi connectivity index (χ1v) is 5.93. The van der Waals surface area contributed by atoms with Crippen molar-refractivity contribution < 1.29 is 13.2 Å². The Hall–Kier alpha value is -1.21. The van der Waals surface area contributed by atoms with Crippen LogP contribution in [-0.4, -0.2) is 30.9 Å². The number of aromatic amines is 1. The van der Waals surface area contributed by atoms with E-state index in [1.807, 2.05) is 0 Å². The molecule has 1 rings (SSSR count). The van der Waals surface area contributed by atoms with E-state index < -0.39 is 10.0 Å². The van der Waals surface area contributed by atoms with E-state index in [4.69, 9.17) is 0 Å². The monoisotopic (exact) mass is 231 g/mol. The number of aromatic nitrogens is 2. The van der Waals surface area contributed by atoms with E-state index in [-0.39, 0.29) is 23.1 Å². The van der Waals surface area contributed by atoms with Crippen molar-refractivity contribution in [3.05, 3.63) is 12.4 Å². The van der Waals surface area contributed by atoms with Crippen molar-refractivity contribution in [2.75, 3.05) is 6.54 Å². The van der Waals surface area contributed by atoms with Crippen molar-refractivity contribution in [2.24, 2.45) is 5.92 Å². The first-order chi connectivity index (χ1) is 6.93. The summed E-state index contributed by atoms with van der Waals surface area (Å²) in [6.07, 6.45) is 2.43. The molecule has 1 aromatic rings. The van der Waals surface area contributed by atoms with Crippen LogP contribution in [-0.2, 0) is 14.8 Å². The summed E-state index contributed by atoms with van der Waals surface area (Å²) in [4.78, 5) is 11.2. The van der Waals surface area contributed by atoms with Crippen LogP contribution in [0.4, 0.5) is 0 Å². The van der Waals surface area contributed by atoms with Crippen LogP contribution in [0.25, 0.3) is 0 Å². The zero-order chi connectivity index (χ0) is 11.5. The molecule has 0 saturated heterocycles. The molecule has 7 heteroatoms. The summed E-state index contributed by atoms with van der Waals surface area (Å²) in [7, 11) is -3.61. The number of ketones is 1. The topological polar surface area (TPSA) is 91.9 Å². The number of carbonyl (C=O) groups is 1. The zero-order valence-electron chi connectivity index (χ0n) is 8.52. The van der Waals surface area contributed by atoms with Gasteiger partial charge in [-0.2, -0.15) is 5.10 Å². The Bertz CT molecular complexity index is 422. The lowest BCUT2D eigenvalue weighted by molar-refractivity contribution is -0.120. The van der Waals surface area contributed by atoms with E-state index in [1.165, 1.54) is 12.4 Å². The summed E-state index contributed by atoms with van der Waals surface area (Å²) in [5.41, 5.74) is 0. The van der Waals surface area contributed by atoms with E-state index >= 15 is 0 Å². The number of hydrogen-bond donors (Lipinski definition) is 2. The summed E-state index contributed by atoms with van der Waals surface area (Å²) in [5, 5.41) is 5.91. The van der Waals surface area contributed by atoms with Crippen molar-refractivity contribution in [3.8, 4) is 0 Å². The van der Waals surface area contributed by atoms with Gasteiger partial charge in [0.05, 0.1) is 12.7 Å². The normalized spacial score (nSPS) is 11.9. The number of nitrogens with one attached hydrogen (secondary N) is 2. The van der Waals surface area contributed by atoms with Gasteiger partial charge in [0.15, 0.2) is 0 Å². The average Bonchev–Trinajstić information content (AvgIpc) is 2.67. The first-order valence-electron chi connectivity index (χ1n) is 4.44. The van der Waals surface area contributed by atoms with Crippen LogP contribution < -0.4 is 4.72 Å². The fourth-order valence-electron chi connectivity index (χ4n) is 0.840. The molecule has 0 aliphatic heterocycles. The van der Waals surface area contributed by atoms with Gasteiger partial charge >= 0.3 is 0 Å². The number of rotatable bonds is 5. The molecule has 0 spiro atoms. The molecule has 15 heavy (non-hydrogen) atoms. The summed E-state index contributed by atoms with van der Waals surface area (Å²) in [6, 6.07) is 0. The van der Waals surface area contributed by atoms with Crippen LogP contribution in [0.5, 0.6) is 0 Å². The van der Waals surface area contributed by atoms with Crippen molar-refractivity contribution in [1.82, 2.24) is 14.9 Å². The molecule has 84 valence electrons. The van der Waals surface area contributed by atoms with Gasteiger partial charge in [0.2, 0.25) is 10.0 Å². The average molecular weight is 231 g/mol. The lowest BCUT2D eigenvalue weighted by Crippen LogP contribution is -2.31. The second-order valence-corrected chi connectivity index (χ2v) is 5.15. The van der Waals surface area contributed by atoms with Crippen LogP contribution in [0.15, 0.2) is 17.3 Å². The van der Waals surface area contributed by atoms with E-state index in [2.05, 4.69) is 14.9 Å². The Morgan fingerprint density at radius 3 is 2.73 bits per heavy atom. The van der Waals surface area contributed by atoms with Crippen molar-refractivity contribution in [1.29, 1.82) is 0 Å². The predicted octanol–water partition coefficient (Wildman–Crippen LogP) is -0.0869. The van der Waals surface area contributed by atoms with Crippen molar-refractivity contribution >= 4 is 15.8 Å². The Labute approximate surface area is 88.1 Å². The second kappa shape index (κ2) is 4.54. The highest BCUT2D eigenvalue weighted by Crippen LogP contribution is 2.04. The summed E-state index contributed by atoms with van der Waals surface area (Å²) in [6.45, 7) is 3.24. The van der Waals surface area contributed by atoms with Gasteiger partial charge in [-0.1, -0.05) is 13.8 Å². The van der Waals surface area contributed by atoms with E-state index in [0.29, 0.717) is 0 Å². The molecule has 6 nitrogen and oxygen atoms in total. The maximum Gasteiger partial charge on any atom is 0.244 e. The van der Waals surface area contributed by atoms with Gasteiger partial charge in [0, 0.05) is 12.1 Å². The number of Topliss-reactive ketones (excluding diaryl/α,β-unsaturated/α-hetero) is 1. The molecular formula is C8H13N3O3S. The summed E-state index contributed by atoms with van der Waals surface area (Å²) in [5.74, 6) is -0.334. The number of carbonyl (C=O) groups excluding carboxylic acids is 1. The third kappa shape index (κ3) is 3.14. The quantitative estimate of drug-likeness (QED) is 0.741. The molecule has 0 saturated carbocycles. The predicted molar refractivity (Wildman–Crippen MR) is 53.6 cm³/mol. The maximum atomic E-state index is 11.5. The lowest BCUT2D eigenvalue weighted by Gasteiger charge is -2.05. The Kier molecular flexibility index (Phi) is 3.59. The molecule has 0 radical (unpaired) electrons. The number of hydrogen-bond acceptors (Lipinski definition) is 4. The molecule has 0 aliphatic carbocycles.